The predicted molar refractivity (Wildman–Crippen MR) is 145 cm³/mol. The molecule has 2 aliphatic heterocycles. The van der Waals surface area contributed by atoms with E-state index >= 15 is 0 Å². The standard InChI is InChI=1S/C27H40ClN7O/c1-34-12-7-19(8-13-34)18-35-14-9-20(10-15-35)24-17-30-27(32-22-6-11-29-25(28)16-22)33-26(24)31-21-2-4-23(36)5-3-21/h6,11,16-17,19-21,23,36H,2-5,7-10,12-15,18H2,1H3,(H2,29,30,31,32,33). The van der Waals surface area contributed by atoms with Crippen LogP contribution >= 0.6 is 11.6 Å². The number of anilines is 3. The third kappa shape index (κ3) is 6.85. The summed E-state index contributed by atoms with van der Waals surface area (Å²) in [4.78, 5) is 18.8. The van der Waals surface area contributed by atoms with E-state index in [-0.39, 0.29) is 6.10 Å². The van der Waals surface area contributed by atoms with Crippen molar-refractivity contribution >= 4 is 29.1 Å². The van der Waals surface area contributed by atoms with Gasteiger partial charge in [0.25, 0.3) is 0 Å². The lowest BCUT2D eigenvalue weighted by atomic mass is 9.88. The summed E-state index contributed by atoms with van der Waals surface area (Å²) in [5.74, 6) is 2.79. The molecule has 4 heterocycles. The van der Waals surface area contributed by atoms with Crippen molar-refractivity contribution in [2.24, 2.45) is 5.92 Å². The SMILES string of the molecule is CN1CCC(CN2CCC(c3cnc(Nc4ccnc(Cl)c4)nc3NC3CCC(O)CC3)CC2)CC1. The van der Waals surface area contributed by atoms with Crippen molar-refractivity contribution in [3.8, 4) is 0 Å². The summed E-state index contributed by atoms with van der Waals surface area (Å²) in [6.45, 7) is 5.99. The van der Waals surface area contributed by atoms with Crippen molar-refractivity contribution in [2.45, 2.75) is 69.4 Å². The van der Waals surface area contributed by atoms with E-state index in [0.29, 0.717) is 23.1 Å². The Morgan fingerprint density at radius 3 is 2.47 bits per heavy atom. The first-order valence-electron chi connectivity index (χ1n) is 13.6. The molecule has 1 aliphatic carbocycles. The van der Waals surface area contributed by atoms with Gasteiger partial charge in [-0.05, 0) is 109 Å². The number of rotatable bonds is 7. The van der Waals surface area contributed by atoms with Crippen LogP contribution in [0, 0.1) is 5.92 Å². The quantitative estimate of drug-likeness (QED) is 0.466. The number of aliphatic hydroxyl groups is 1. The van der Waals surface area contributed by atoms with E-state index in [1.54, 1.807) is 12.3 Å². The Bertz CT molecular complexity index is 984. The van der Waals surface area contributed by atoms with Gasteiger partial charge in [0.15, 0.2) is 0 Å². The molecule has 1 saturated carbocycles. The number of pyridine rings is 1. The molecule has 3 fully saturated rings. The molecule has 3 aliphatic rings. The summed E-state index contributed by atoms with van der Waals surface area (Å²) in [5, 5.41) is 17.4. The number of hydrogen-bond acceptors (Lipinski definition) is 8. The molecule has 9 heteroatoms. The van der Waals surface area contributed by atoms with Crippen molar-refractivity contribution in [3.63, 3.8) is 0 Å². The molecule has 2 saturated heterocycles. The van der Waals surface area contributed by atoms with Crippen LogP contribution in [0.2, 0.25) is 5.15 Å². The van der Waals surface area contributed by atoms with Crippen molar-refractivity contribution in [1.29, 1.82) is 0 Å². The second-order valence-electron chi connectivity index (χ2n) is 11.0. The maximum absolute atomic E-state index is 9.95. The molecule has 2 aromatic heterocycles. The van der Waals surface area contributed by atoms with E-state index in [0.717, 1.165) is 69.0 Å². The van der Waals surface area contributed by atoms with Gasteiger partial charge in [-0.1, -0.05) is 11.6 Å². The fourth-order valence-corrected chi connectivity index (χ4v) is 6.10. The molecule has 0 amide bonds. The summed E-state index contributed by atoms with van der Waals surface area (Å²) in [6, 6.07) is 3.96. The summed E-state index contributed by atoms with van der Waals surface area (Å²) >= 11 is 6.06. The lowest BCUT2D eigenvalue weighted by molar-refractivity contribution is 0.126. The van der Waals surface area contributed by atoms with Gasteiger partial charge in [0.2, 0.25) is 5.95 Å². The number of aromatic nitrogens is 3. The molecule has 0 radical (unpaired) electrons. The van der Waals surface area contributed by atoms with Crippen molar-refractivity contribution < 1.29 is 5.11 Å². The van der Waals surface area contributed by atoms with Crippen LogP contribution in [0.25, 0.3) is 0 Å². The van der Waals surface area contributed by atoms with Crippen LogP contribution in [0.4, 0.5) is 17.5 Å². The van der Waals surface area contributed by atoms with Gasteiger partial charge < -0.3 is 25.5 Å². The number of likely N-dealkylation sites (tertiary alicyclic amines) is 2. The molecule has 196 valence electrons. The highest BCUT2D eigenvalue weighted by molar-refractivity contribution is 6.29. The molecular weight excluding hydrogens is 474 g/mol. The largest absolute Gasteiger partial charge is 0.393 e. The van der Waals surface area contributed by atoms with Gasteiger partial charge in [-0.15, -0.1) is 0 Å². The monoisotopic (exact) mass is 513 g/mol. The fourth-order valence-electron chi connectivity index (χ4n) is 5.92. The highest BCUT2D eigenvalue weighted by Gasteiger charge is 2.28. The van der Waals surface area contributed by atoms with Crippen LogP contribution < -0.4 is 10.6 Å². The van der Waals surface area contributed by atoms with Crippen LogP contribution in [0.5, 0.6) is 0 Å². The van der Waals surface area contributed by atoms with Gasteiger partial charge in [-0.2, -0.15) is 4.98 Å². The molecular formula is C27H40ClN7O. The van der Waals surface area contributed by atoms with E-state index in [1.165, 1.54) is 38.0 Å². The smallest absolute Gasteiger partial charge is 0.229 e. The first-order valence-corrected chi connectivity index (χ1v) is 14.0. The summed E-state index contributed by atoms with van der Waals surface area (Å²) in [5.41, 5.74) is 2.04. The maximum Gasteiger partial charge on any atom is 0.229 e. The van der Waals surface area contributed by atoms with Crippen LogP contribution in [0.15, 0.2) is 24.5 Å². The van der Waals surface area contributed by atoms with Gasteiger partial charge in [0.1, 0.15) is 11.0 Å². The number of nitrogens with zero attached hydrogens (tertiary/aromatic N) is 5. The predicted octanol–water partition coefficient (Wildman–Crippen LogP) is 4.51. The van der Waals surface area contributed by atoms with Crippen LogP contribution in [0.1, 0.15) is 62.8 Å². The highest BCUT2D eigenvalue weighted by Crippen LogP contribution is 2.34. The van der Waals surface area contributed by atoms with E-state index in [2.05, 4.69) is 37.4 Å². The average molecular weight is 514 g/mol. The average Bonchev–Trinajstić information content (AvgIpc) is 2.88. The molecule has 0 spiro atoms. The Labute approximate surface area is 219 Å². The van der Waals surface area contributed by atoms with E-state index in [4.69, 9.17) is 16.6 Å². The summed E-state index contributed by atoms with van der Waals surface area (Å²) in [7, 11) is 2.23. The van der Waals surface area contributed by atoms with E-state index < -0.39 is 0 Å². The first kappa shape index (κ1) is 25.6. The minimum absolute atomic E-state index is 0.171. The number of piperidine rings is 2. The minimum atomic E-state index is -0.171. The van der Waals surface area contributed by atoms with E-state index in [1.807, 2.05) is 12.3 Å². The molecule has 3 N–H and O–H groups in total. The van der Waals surface area contributed by atoms with Gasteiger partial charge in [-0.25, -0.2) is 9.97 Å². The molecule has 0 aromatic carbocycles. The fraction of sp³-hybridized carbons (Fsp3) is 0.667. The first-order chi connectivity index (χ1) is 17.5. The van der Waals surface area contributed by atoms with Crippen LogP contribution in [-0.2, 0) is 0 Å². The number of hydrogen-bond donors (Lipinski definition) is 3. The second kappa shape index (κ2) is 12.0. The summed E-state index contributed by atoms with van der Waals surface area (Å²) < 4.78 is 0. The molecule has 5 rings (SSSR count). The Kier molecular flexibility index (Phi) is 8.57. The lowest BCUT2D eigenvalue weighted by Crippen LogP contribution is -2.40. The number of nitrogens with one attached hydrogen (secondary N) is 2. The third-order valence-electron chi connectivity index (χ3n) is 8.22. The zero-order valence-electron chi connectivity index (χ0n) is 21.4. The van der Waals surface area contributed by atoms with Crippen LogP contribution in [-0.4, -0.2) is 81.8 Å². The summed E-state index contributed by atoms with van der Waals surface area (Å²) in [6.07, 6.45) is 12.0. The Balaban J connectivity index is 1.26. The lowest BCUT2D eigenvalue weighted by Gasteiger charge is -2.37. The zero-order chi connectivity index (χ0) is 24.9. The van der Waals surface area contributed by atoms with Crippen molar-refractivity contribution in [1.82, 2.24) is 24.8 Å². The second-order valence-corrected chi connectivity index (χ2v) is 11.3. The normalized spacial score (nSPS) is 25.1. The molecule has 8 nitrogen and oxygen atoms in total. The van der Waals surface area contributed by atoms with Gasteiger partial charge in [0.05, 0.1) is 6.10 Å². The van der Waals surface area contributed by atoms with Crippen LogP contribution in [0.3, 0.4) is 0 Å². The Morgan fingerprint density at radius 1 is 1.00 bits per heavy atom. The third-order valence-corrected chi connectivity index (χ3v) is 8.43. The Hall–Kier alpha value is -2.00. The molecule has 0 bridgehead atoms. The minimum Gasteiger partial charge on any atom is -0.393 e. The van der Waals surface area contributed by atoms with Gasteiger partial charge in [0, 0.05) is 36.2 Å². The molecule has 2 aromatic rings. The molecule has 0 unspecified atom stereocenters. The van der Waals surface area contributed by atoms with Gasteiger partial charge in [-0.3, -0.25) is 0 Å². The number of aliphatic hydroxyl groups excluding tert-OH is 1. The highest BCUT2D eigenvalue weighted by atomic mass is 35.5. The molecule has 36 heavy (non-hydrogen) atoms. The van der Waals surface area contributed by atoms with Gasteiger partial charge >= 0.3 is 0 Å². The molecule has 0 atom stereocenters. The number of halogens is 1. The van der Waals surface area contributed by atoms with Crippen molar-refractivity contribution in [2.75, 3.05) is 50.4 Å². The maximum atomic E-state index is 9.95. The topological polar surface area (TPSA) is 89.4 Å². The zero-order valence-corrected chi connectivity index (χ0v) is 22.1. The van der Waals surface area contributed by atoms with E-state index in [9.17, 15) is 5.11 Å². The van der Waals surface area contributed by atoms with Crippen molar-refractivity contribution in [3.05, 3.63) is 35.2 Å². The Morgan fingerprint density at radius 2 is 1.75 bits per heavy atom.